The summed E-state index contributed by atoms with van der Waals surface area (Å²) in [6.45, 7) is 0. The zero-order chi connectivity index (χ0) is 12.3. The summed E-state index contributed by atoms with van der Waals surface area (Å²) < 4.78 is 6.31. The molecule has 0 aliphatic heterocycles. The highest BCUT2D eigenvalue weighted by Crippen LogP contribution is 2.31. The van der Waals surface area contributed by atoms with Gasteiger partial charge in [0, 0.05) is 27.1 Å². The molecule has 0 amide bonds. The van der Waals surface area contributed by atoms with Gasteiger partial charge >= 0.3 is 0 Å². The van der Waals surface area contributed by atoms with E-state index in [4.69, 9.17) is 4.74 Å². The standard InChI is InChI=1S/C11H12BrN3OS/c1-13-9(8-5-7(12)6-17-8)10-11(16-2)15-4-3-14-10/h3-6,9,13H,1-2H3. The molecule has 4 nitrogen and oxygen atoms in total. The maximum absolute atomic E-state index is 5.24. The fraction of sp³-hybridized carbons (Fsp3) is 0.273. The zero-order valence-corrected chi connectivity index (χ0v) is 11.9. The van der Waals surface area contributed by atoms with Crippen molar-refractivity contribution in [1.29, 1.82) is 0 Å². The molecule has 0 radical (unpaired) electrons. The molecule has 0 spiro atoms. The van der Waals surface area contributed by atoms with Gasteiger partial charge in [0.05, 0.1) is 13.2 Å². The summed E-state index contributed by atoms with van der Waals surface area (Å²) >= 11 is 5.12. The van der Waals surface area contributed by atoms with Crippen molar-refractivity contribution in [2.75, 3.05) is 14.2 Å². The molecule has 0 aliphatic carbocycles. The van der Waals surface area contributed by atoms with Crippen molar-refractivity contribution in [2.24, 2.45) is 0 Å². The normalized spacial score (nSPS) is 12.4. The van der Waals surface area contributed by atoms with E-state index in [2.05, 4.69) is 37.3 Å². The van der Waals surface area contributed by atoms with Crippen molar-refractivity contribution in [1.82, 2.24) is 15.3 Å². The third kappa shape index (κ3) is 2.65. The largest absolute Gasteiger partial charge is 0.480 e. The molecule has 1 N–H and O–H groups in total. The van der Waals surface area contributed by atoms with E-state index in [-0.39, 0.29) is 6.04 Å². The first-order valence-electron chi connectivity index (χ1n) is 5.02. The van der Waals surface area contributed by atoms with Gasteiger partial charge < -0.3 is 10.1 Å². The minimum atomic E-state index is -0.00468. The van der Waals surface area contributed by atoms with Crippen molar-refractivity contribution in [3.63, 3.8) is 0 Å². The van der Waals surface area contributed by atoms with Gasteiger partial charge in [0.1, 0.15) is 5.69 Å². The fourth-order valence-electron chi connectivity index (χ4n) is 1.58. The number of methoxy groups -OCH3 is 1. The number of thiophene rings is 1. The van der Waals surface area contributed by atoms with Crippen LogP contribution >= 0.6 is 27.3 Å². The molecule has 0 aromatic carbocycles. The van der Waals surface area contributed by atoms with Gasteiger partial charge in [-0.15, -0.1) is 11.3 Å². The first kappa shape index (κ1) is 12.5. The van der Waals surface area contributed by atoms with Crippen molar-refractivity contribution in [2.45, 2.75) is 6.04 Å². The Bertz CT molecular complexity index is 503. The Balaban J connectivity index is 2.41. The van der Waals surface area contributed by atoms with Crippen LogP contribution in [0, 0.1) is 0 Å². The molecule has 0 aliphatic rings. The summed E-state index contributed by atoms with van der Waals surface area (Å²) in [6, 6.07) is 2.06. The molecule has 0 fully saturated rings. The lowest BCUT2D eigenvalue weighted by molar-refractivity contribution is 0.384. The predicted octanol–water partition coefficient (Wildman–Crippen LogP) is 2.62. The van der Waals surface area contributed by atoms with E-state index < -0.39 is 0 Å². The Morgan fingerprint density at radius 1 is 1.41 bits per heavy atom. The van der Waals surface area contributed by atoms with Crippen LogP contribution in [-0.4, -0.2) is 24.1 Å². The summed E-state index contributed by atoms with van der Waals surface area (Å²) in [7, 11) is 3.50. The average molecular weight is 314 g/mol. The molecule has 2 rings (SSSR count). The summed E-state index contributed by atoms with van der Waals surface area (Å²) in [4.78, 5) is 9.68. The van der Waals surface area contributed by atoms with Crippen LogP contribution in [0.2, 0.25) is 0 Å². The maximum Gasteiger partial charge on any atom is 0.237 e. The van der Waals surface area contributed by atoms with Crippen LogP contribution in [0.3, 0.4) is 0 Å². The predicted molar refractivity (Wildman–Crippen MR) is 71.5 cm³/mol. The molecule has 2 heterocycles. The first-order chi connectivity index (χ1) is 8.26. The van der Waals surface area contributed by atoms with Crippen molar-refractivity contribution in [3.05, 3.63) is 38.9 Å². The lowest BCUT2D eigenvalue weighted by Crippen LogP contribution is -2.19. The highest BCUT2D eigenvalue weighted by atomic mass is 79.9. The molecule has 1 unspecified atom stereocenters. The quantitative estimate of drug-likeness (QED) is 0.942. The summed E-state index contributed by atoms with van der Waals surface area (Å²) in [6.07, 6.45) is 3.30. The number of nitrogens with zero attached hydrogens (tertiary/aromatic N) is 2. The highest BCUT2D eigenvalue weighted by molar-refractivity contribution is 9.10. The summed E-state index contributed by atoms with van der Waals surface area (Å²) in [5, 5.41) is 5.27. The Kier molecular flexibility index (Phi) is 4.09. The SMILES string of the molecule is CNC(c1cc(Br)cs1)c1nccnc1OC. The number of aromatic nitrogens is 2. The van der Waals surface area contributed by atoms with Crippen molar-refractivity contribution < 1.29 is 4.74 Å². The van der Waals surface area contributed by atoms with Gasteiger partial charge in [-0.1, -0.05) is 0 Å². The van der Waals surface area contributed by atoms with Gasteiger partial charge in [0.2, 0.25) is 5.88 Å². The third-order valence-corrected chi connectivity index (χ3v) is 4.08. The Morgan fingerprint density at radius 2 is 2.18 bits per heavy atom. The van der Waals surface area contributed by atoms with E-state index in [1.807, 2.05) is 12.4 Å². The van der Waals surface area contributed by atoms with Crippen LogP contribution in [0.1, 0.15) is 16.6 Å². The lowest BCUT2D eigenvalue weighted by Gasteiger charge is -2.15. The van der Waals surface area contributed by atoms with Crippen LogP contribution in [0.5, 0.6) is 5.88 Å². The van der Waals surface area contributed by atoms with Gasteiger partial charge in [0.15, 0.2) is 0 Å². The van der Waals surface area contributed by atoms with Crippen LogP contribution in [-0.2, 0) is 0 Å². The van der Waals surface area contributed by atoms with Crippen LogP contribution in [0.25, 0.3) is 0 Å². The molecular weight excluding hydrogens is 302 g/mol. The van der Waals surface area contributed by atoms with Crippen LogP contribution in [0.4, 0.5) is 0 Å². The van der Waals surface area contributed by atoms with E-state index in [0.29, 0.717) is 5.88 Å². The van der Waals surface area contributed by atoms with Crippen molar-refractivity contribution in [3.8, 4) is 5.88 Å². The minimum absolute atomic E-state index is 0.00468. The van der Waals surface area contributed by atoms with E-state index in [1.54, 1.807) is 30.8 Å². The second-order valence-corrected chi connectivity index (χ2v) is 5.20. The van der Waals surface area contributed by atoms with E-state index in [9.17, 15) is 0 Å². The number of rotatable bonds is 4. The molecule has 0 saturated heterocycles. The molecular formula is C11H12BrN3OS. The molecule has 0 bridgehead atoms. The van der Waals surface area contributed by atoms with E-state index >= 15 is 0 Å². The Hall–Kier alpha value is -0.980. The third-order valence-electron chi connectivity index (χ3n) is 2.32. The van der Waals surface area contributed by atoms with Gasteiger partial charge in [-0.3, -0.25) is 4.98 Å². The molecule has 6 heteroatoms. The van der Waals surface area contributed by atoms with Crippen LogP contribution in [0.15, 0.2) is 28.3 Å². The van der Waals surface area contributed by atoms with Gasteiger partial charge in [0.25, 0.3) is 0 Å². The Morgan fingerprint density at radius 3 is 2.76 bits per heavy atom. The molecule has 2 aromatic rings. The van der Waals surface area contributed by atoms with E-state index in [0.717, 1.165) is 15.0 Å². The number of nitrogens with one attached hydrogen (secondary N) is 1. The zero-order valence-electron chi connectivity index (χ0n) is 9.48. The summed E-state index contributed by atoms with van der Waals surface area (Å²) in [5.74, 6) is 0.552. The monoisotopic (exact) mass is 313 g/mol. The highest BCUT2D eigenvalue weighted by Gasteiger charge is 2.20. The lowest BCUT2D eigenvalue weighted by atomic mass is 10.1. The number of hydrogen-bond donors (Lipinski definition) is 1. The Labute approximate surface area is 112 Å². The van der Waals surface area contributed by atoms with Crippen molar-refractivity contribution >= 4 is 27.3 Å². The van der Waals surface area contributed by atoms with Gasteiger partial charge in [-0.05, 0) is 29.0 Å². The fourth-order valence-corrected chi connectivity index (χ4v) is 3.14. The van der Waals surface area contributed by atoms with E-state index in [1.165, 1.54) is 0 Å². The maximum atomic E-state index is 5.24. The average Bonchev–Trinajstić information content (AvgIpc) is 2.77. The smallest absolute Gasteiger partial charge is 0.237 e. The number of hydrogen-bond acceptors (Lipinski definition) is 5. The first-order valence-corrected chi connectivity index (χ1v) is 6.69. The van der Waals surface area contributed by atoms with Crippen LogP contribution < -0.4 is 10.1 Å². The number of ether oxygens (including phenoxy) is 1. The minimum Gasteiger partial charge on any atom is -0.480 e. The second-order valence-electron chi connectivity index (χ2n) is 3.34. The van der Waals surface area contributed by atoms with Gasteiger partial charge in [-0.25, -0.2) is 4.98 Å². The molecule has 17 heavy (non-hydrogen) atoms. The molecule has 90 valence electrons. The topological polar surface area (TPSA) is 47.0 Å². The second kappa shape index (κ2) is 5.57. The number of halogens is 1. The molecule has 0 saturated carbocycles. The molecule has 1 atom stereocenters. The van der Waals surface area contributed by atoms with Gasteiger partial charge in [-0.2, -0.15) is 0 Å². The summed E-state index contributed by atoms with van der Waals surface area (Å²) in [5.41, 5.74) is 0.798. The molecule has 2 aromatic heterocycles.